The molecule has 0 amide bonds. The average molecular weight is 408 g/mol. The van der Waals surface area contributed by atoms with Crippen LogP contribution in [-0.2, 0) is 0 Å². The first-order valence-corrected chi connectivity index (χ1v) is 10.6. The lowest BCUT2D eigenvalue weighted by Gasteiger charge is -2.32. The van der Waals surface area contributed by atoms with Crippen LogP contribution in [0.1, 0.15) is 18.7 Å². The molecule has 1 fully saturated rings. The summed E-state index contributed by atoms with van der Waals surface area (Å²) in [6, 6.07) is 12.2. The van der Waals surface area contributed by atoms with Crippen molar-refractivity contribution in [2.24, 2.45) is 5.92 Å². The summed E-state index contributed by atoms with van der Waals surface area (Å²) in [6.45, 7) is 4.73. The predicted molar refractivity (Wildman–Crippen MR) is 117 cm³/mol. The van der Waals surface area contributed by atoms with E-state index in [0.717, 1.165) is 59.4 Å². The Labute approximate surface area is 177 Å². The number of rotatable bonds is 7. The van der Waals surface area contributed by atoms with Gasteiger partial charge in [-0.2, -0.15) is 0 Å². The third kappa shape index (κ3) is 4.78. The van der Waals surface area contributed by atoms with Gasteiger partial charge in [-0.15, -0.1) is 0 Å². The van der Waals surface area contributed by atoms with E-state index >= 15 is 0 Å². The average Bonchev–Trinajstić information content (AvgIpc) is 2.78. The highest BCUT2D eigenvalue weighted by atomic mass is 16.5. The zero-order chi connectivity index (χ0) is 20.9. The Hall–Kier alpha value is -2.54. The van der Waals surface area contributed by atoms with E-state index in [1.165, 1.54) is 0 Å². The van der Waals surface area contributed by atoms with Crippen molar-refractivity contribution >= 4 is 10.8 Å². The summed E-state index contributed by atoms with van der Waals surface area (Å²) in [5.74, 6) is 1.84. The molecule has 3 aromatic rings. The summed E-state index contributed by atoms with van der Waals surface area (Å²) < 4.78 is 6.10. The molecule has 1 saturated heterocycles. The highest BCUT2D eigenvalue weighted by Crippen LogP contribution is 2.36. The van der Waals surface area contributed by atoms with Gasteiger partial charge in [0.1, 0.15) is 24.3 Å². The number of piperidine rings is 1. The quantitative estimate of drug-likeness (QED) is 0.627. The lowest BCUT2D eigenvalue weighted by atomic mass is 9.98. The third-order valence-electron chi connectivity index (χ3n) is 5.83. The van der Waals surface area contributed by atoms with Crippen molar-refractivity contribution in [3.8, 4) is 16.9 Å². The molecule has 4 rings (SSSR count). The van der Waals surface area contributed by atoms with Gasteiger partial charge < -0.3 is 19.8 Å². The van der Waals surface area contributed by atoms with Crippen molar-refractivity contribution in [2.45, 2.75) is 25.9 Å². The minimum Gasteiger partial charge on any atom is -0.490 e. The fourth-order valence-electron chi connectivity index (χ4n) is 4.08. The number of fused-ring (bicyclic) bond motifs is 1. The van der Waals surface area contributed by atoms with E-state index in [4.69, 9.17) is 4.74 Å². The maximum absolute atomic E-state index is 10.6. The molecule has 0 spiro atoms. The summed E-state index contributed by atoms with van der Waals surface area (Å²) in [5.41, 5.74) is 1.84. The van der Waals surface area contributed by atoms with Gasteiger partial charge in [-0.3, -0.25) is 0 Å². The molecule has 0 saturated carbocycles. The van der Waals surface area contributed by atoms with E-state index in [9.17, 15) is 10.2 Å². The SMILES string of the molecule is Cc1ncc(-c2c(OCC(O)CN3CCC(CO)CC3)ccc3ccccc23)cn1. The maximum Gasteiger partial charge on any atom is 0.128 e. The van der Waals surface area contributed by atoms with Crippen LogP contribution in [0.3, 0.4) is 0 Å². The molecule has 6 nitrogen and oxygen atoms in total. The number of ether oxygens (including phenoxy) is 1. The van der Waals surface area contributed by atoms with Crippen molar-refractivity contribution in [3.05, 3.63) is 54.6 Å². The molecule has 158 valence electrons. The molecule has 2 aromatic carbocycles. The van der Waals surface area contributed by atoms with Gasteiger partial charge in [0.25, 0.3) is 0 Å². The summed E-state index contributed by atoms with van der Waals surface area (Å²) in [5, 5.41) is 22.0. The van der Waals surface area contributed by atoms with E-state index in [0.29, 0.717) is 12.5 Å². The van der Waals surface area contributed by atoms with Crippen molar-refractivity contribution in [2.75, 3.05) is 32.8 Å². The van der Waals surface area contributed by atoms with Crippen LogP contribution >= 0.6 is 0 Å². The van der Waals surface area contributed by atoms with Crippen molar-refractivity contribution < 1.29 is 14.9 Å². The Morgan fingerprint density at radius 2 is 1.83 bits per heavy atom. The summed E-state index contributed by atoms with van der Waals surface area (Å²) >= 11 is 0. The molecule has 30 heavy (non-hydrogen) atoms. The Kier molecular flexibility index (Phi) is 6.57. The van der Waals surface area contributed by atoms with E-state index in [2.05, 4.69) is 27.0 Å². The second-order valence-electron chi connectivity index (χ2n) is 8.07. The Bertz CT molecular complexity index is 969. The Morgan fingerprint density at radius 1 is 1.10 bits per heavy atom. The number of hydrogen-bond donors (Lipinski definition) is 2. The largest absolute Gasteiger partial charge is 0.490 e. The minimum atomic E-state index is -0.579. The highest BCUT2D eigenvalue weighted by molar-refractivity contribution is 5.99. The lowest BCUT2D eigenvalue weighted by Crippen LogP contribution is -2.41. The molecule has 1 aliphatic heterocycles. The van der Waals surface area contributed by atoms with Gasteiger partial charge in [-0.25, -0.2) is 9.97 Å². The van der Waals surface area contributed by atoms with Crippen molar-refractivity contribution in [1.29, 1.82) is 0 Å². The van der Waals surface area contributed by atoms with Gasteiger partial charge in [-0.1, -0.05) is 30.3 Å². The second-order valence-corrected chi connectivity index (χ2v) is 8.07. The number of aryl methyl sites for hydroxylation is 1. The van der Waals surface area contributed by atoms with Crippen molar-refractivity contribution in [3.63, 3.8) is 0 Å². The fraction of sp³-hybridized carbons (Fsp3) is 0.417. The number of aliphatic hydroxyl groups is 2. The summed E-state index contributed by atoms with van der Waals surface area (Å²) in [4.78, 5) is 10.9. The lowest BCUT2D eigenvalue weighted by molar-refractivity contribution is 0.0490. The van der Waals surface area contributed by atoms with E-state index in [-0.39, 0.29) is 13.2 Å². The van der Waals surface area contributed by atoms with Crippen LogP contribution in [0, 0.1) is 12.8 Å². The van der Waals surface area contributed by atoms with Gasteiger partial charge in [0.2, 0.25) is 0 Å². The minimum absolute atomic E-state index is 0.220. The standard InChI is InChI=1S/C24H29N3O3/c1-17-25-12-20(13-26-17)24-22-5-3-2-4-19(22)6-7-23(24)30-16-21(29)14-27-10-8-18(15-28)9-11-27/h2-7,12-13,18,21,28-29H,8-11,14-16H2,1H3. The molecular weight excluding hydrogens is 378 g/mol. The molecule has 1 aliphatic rings. The topological polar surface area (TPSA) is 78.7 Å². The van der Waals surface area contributed by atoms with Crippen LogP contribution in [0.5, 0.6) is 5.75 Å². The highest BCUT2D eigenvalue weighted by Gasteiger charge is 2.21. The zero-order valence-corrected chi connectivity index (χ0v) is 17.4. The van der Waals surface area contributed by atoms with Crippen LogP contribution in [0.25, 0.3) is 21.9 Å². The first-order chi connectivity index (χ1) is 14.6. The molecule has 0 bridgehead atoms. The van der Waals surface area contributed by atoms with E-state index < -0.39 is 6.10 Å². The first kappa shape index (κ1) is 20.7. The molecule has 2 heterocycles. The normalized spacial score (nSPS) is 16.6. The number of benzene rings is 2. The Balaban J connectivity index is 1.50. The molecule has 1 unspecified atom stereocenters. The third-order valence-corrected chi connectivity index (χ3v) is 5.83. The number of aromatic nitrogens is 2. The molecular formula is C24H29N3O3. The van der Waals surface area contributed by atoms with Crippen LogP contribution in [0.2, 0.25) is 0 Å². The van der Waals surface area contributed by atoms with Gasteiger partial charge >= 0.3 is 0 Å². The van der Waals surface area contributed by atoms with Crippen LogP contribution in [-0.4, -0.2) is 64.0 Å². The molecule has 0 radical (unpaired) electrons. The Morgan fingerprint density at radius 3 is 2.57 bits per heavy atom. The van der Waals surface area contributed by atoms with Crippen LogP contribution in [0.4, 0.5) is 0 Å². The molecule has 1 atom stereocenters. The van der Waals surface area contributed by atoms with Crippen LogP contribution in [0.15, 0.2) is 48.8 Å². The zero-order valence-electron chi connectivity index (χ0n) is 17.4. The van der Waals surface area contributed by atoms with Crippen LogP contribution < -0.4 is 4.74 Å². The monoisotopic (exact) mass is 407 g/mol. The molecule has 2 N–H and O–H groups in total. The van der Waals surface area contributed by atoms with Gasteiger partial charge in [0.05, 0.1) is 0 Å². The molecule has 0 aliphatic carbocycles. The van der Waals surface area contributed by atoms with E-state index in [1.807, 2.05) is 43.6 Å². The first-order valence-electron chi connectivity index (χ1n) is 10.6. The number of hydrogen-bond acceptors (Lipinski definition) is 6. The fourth-order valence-corrected chi connectivity index (χ4v) is 4.08. The second kappa shape index (κ2) is 9.51. The summed E-state index contributed by atoms with van der Waals surface area (Å²) in [6.07, 6.45) is 5.01. The number of likely N-dealkylation sites (tertiary alicyclic amines) is 1. The number of nitrogens with zero attached hydrogens (tertiary/aromatic N) is 3. The number of β-amino-alcohol motifs (C(OH)–C–C–N with tert-alkyl or cyclic N) is 1. The smallest absolute Gasteiger partial charge is 0.128 e. The maximum atomic E-state index is 10.6. The van der Waals surface area contributed by atoms with Gasteiger partial charge in [-0.05, 0) is 55.6 Å². The van der Waals surface area contributed by atoms with Crippen molar-refractivity contribution in [1.82, 2.24) is 14.9 Å². The summed E-state index contributed by atoms with van der Waals surface area (Å²) in [7, 11) is 0. The predicted octanol–water partition coefficient (Wildman–Crippen LogP) is 3.05. The van der Waals surface area contributed by atoms with Gasteiger partial charge in [0.15, 0.2) is 0 Å². The van der Waals surface area contributed by atoms with E-state index in [1.54, 1.807) is 0 Å². The molecule has 6 heteroatoms. The molecule has 1 aromatic heterocycles. The number of aliphatic hydroxyl groups excluding tert-OH is 2. The van der Waals surface area contributed by atoms with Gasteiger partial charge in [0, 0.05) is 36.7 Å².